The highest BCUT2D eigenvalue weighted by Crippen LogP contribution is 2.33. The number of likely N-dealkylation sites (tertiary alicyclic amines) is 1. The first-order valence-corrected chi connectivity index (χ1v) is 8.21. The van der Waals surface area contributed by atoms with Crippen LogP contribution in [0.25, 0.3) is 0 Å². The van der Waals surface area contributed by atoms with Gasteiger partial charge in [-0.05, 0) is 95.0 Å². The average molecular weight is 392 g/mol. The Morgan fingerprint density at radius 1 is 1.26 bits per heavy atom. The number of phenols is 1. The Hall–Kier alpha value is -0.100. The van der Waals surface area contributed by atoms with Gasteiger partial charge in [0.15, 0.2) is 0 Å². The summed E-state index contributed by atoms with van der Waals surface area (Å²) in [7, 11) is 2.19. The molecule has 3 nitrogen and oxygen atoms in total. The van der Waals surface area contributed by atoms with Gasteiger partial charge < -0.3 is 15.3 Å². The third-order valence-corrected chi connectivity index (χ3v) is 4.89. The third-order valence-electron chi connectivity index (χ3n) is 3.68. The molecule has 0 saturated carbocycles. The number of phenolic OH excluding ortho intramolecular Hbond substituents is 1. The first kappa shape index (κ1) is 15.3. The van der Waals surface area contributed by atoms with E-state index in [1.807, 2.05) is 12.1 Å². The van der Waals surface area contributed by atoms with Crippen LogP contribution in [-0.2, 0) is 6.54 Å². The van der Waals surface area contributed by atoms with E-state index in [4.69, 9.17) is 0 Å². The highest BCUT2D eigenvalue weighted by Gasteiger charge is 2.16. The fourth-order valence-electron chi connectivity index (χ4n) is 2.41. The SMILES string of the molecule is CN1CCC(CNCc2cc(Br)c(O)c(Br)c2)CC1. The molecule has 0 unspecified atom stereocenters. The average Bonchev–Trinajstić information content (AvgIpc) is 2.38. The normalized spacial score (nSPS) is 17.8. The van der Waals surface area contributed by atoms with Gasteiger partial charge in [-0.25, -0.2) is 0 Å². The molecule has 0 radical (unpaired) electrons. The van der Waals surface area contributed by atoms with Crippen LogP contribution >= 0.6 is 31.9 Å². The minimum absolute atomic E-state index is 0.263. The zero-order valence-electron chi connectivity index (χ0n) is 11.1. The van der Waals surface area contributed by atoms with Crippen LogP contribution in [0, 0.1) is 5.92 Å². The Morgan fingerprint density at radius 3 is 2.42 bits per heavy atom. The van der Waals surface area contributed by atoms with E-state index in [9.17, 15) is 5.11 Å². The summed E-state index contributed by atoms with van der Waals surface area (Å²) in [5, 5.41) is 13.2. The van der Waals surface area contributed by atoms with Gasteiger partial charge in [0.05, 0.1) is 8.95 Å². The molecule has 0 atom stereocenters. The lowest BCUT2D eigenvalue weighted by molar-refractivity contribution is 0.216. The number of nitrogens with one attached hydrogen (secondary N) is 1. The van der Waals surface area contributed by atoms with Crippen molar-refractivity contribution < 1.29 is 5.11 Å². The molecular weight excluding hydrogens is 372 g/mol. The van der Waals surface area contributed by atoms with E-state index < -0.39 is 0 Å². The molecule has 5 heteroatoms. The number of rotatable bonds is 4. The van der Waals surface area contributed by atoms with Gasteiger partial charge in [-0.1, -0.05) is 0 Å². The van der Waals surface area contributed by atoms with E-state index in [0.717, 1.165) is 28.0 Å². The van der Waals surface area contributed by atoms with E-state index in [2.05, 4.69) is 49.1 Å². The molecule has 1 saturated heterocycles. The standard InChI is InChI=1S/C14H20Br2N2O/c1-18-4-2-10(3-5-18)8-17-9-11-6-12(15)14(19)13(16)7-11/h6-7,10,17,19H,2-5,8-9H2,1H3. The summed E-state index contributed by atoms with van der Waals surface area (Å²) in [6.07, 6.45) is 2.57. The van der Waals surface area contributed by atoms with Gasteiger partial charge >= 0.3 is 0 Å². The van der Waals surface area contributed by atoms with Gasteiger partial charge in [-0.3, -0.25) is 0 Å². The molecule has 0 aliphatic carbocycles. The molecule has 0 aromatic heterocycles. The van der Waals surface area contributed by atoms with E-state index in [-0.39, 0.29) is 5.75 Å². The summed E-state index contributed by atoms with van der Waals surface area (Å²) in [6, 6.07) is 3.92. The van der Waals surface area contributed by atoms with Crippen molar-refractivity contribution in [2.75, 3.05) is 26.7 Å². The Bertz CT molecular complexity index is 408. The predicted molar refractivity (Wildman–Crippen MR) is 85.4 cm³/mol. The van der Waals surface area contributed by atoms with E-state index in [0.29, 0.717) is 0 Å². The van der Waals surface area contributed by atoms with Gasteiger partial charge in [0.25, 0.3) is 0 Å². The molecule has 1 aromatic rings. The number of halogens is 2. The quantitative estimate of drug-likeness (QED) is 0.826. The van der Waals surface area contributed by atoms with Crippen molar-refractivity contribution in [3.05, 3.63) is 26.6 Å². The maximum absolute atomic E-state index is 9.67. The third kappa shape index (κ3) is 4.45. The van der Waals surface area contributed by atoms with E-state index in [1.165, 1.54) is 31.5 Å². The number of aromatic hydroxyl groups is 1. The molecule has 0 bridgehead atoms. The molecule has 0 amide bonds. The number of benzene rings is 1. The van der Waals surface area contributed by atoms with Crippen molar-refractivity contribution in [2.45, 2.75) is 19.4 Å². The van der Waals surface area contributed by atoms with Gasteiger partial charge in [0.1, 0.15) is 5.75 Å². The van der Waals surface area contributed by atoms with Gasteiger partial charge in [0, 0.05) is 6.54 Å². The van der Waals surface area contributed by atoms with Crippen LogP contribution in [0.3, 0.4) is 0 Å². The highest BCUT2D eigenvalue weighted by atomic mass is 79.9. The number of hydrogen-bond acceptors (Lipinski definition) is 3. The van der Waals surface area contributed by atoms with Crippen molar-refractivity contribution >= 4 is 31.9 Å². The number of nitrogens with zero attached hydrogens (tertiary/aromatic N) is 1. The largest absolute Gasteiger partial charge is 0.506 e. The summed E-state index contributed by atoms with van der Waals surface area (Å²) >= 11 is 6.72. The summed E-state index contributed by atoms with van der Waals surface area (Å²) in [5.41, 5.74) is 1.17. The van der Waals surface area contributed by atoms with Crippen LogP contribution in [-0.4, -0.2) is 36.7 Å². The van der Waals surface area contributed by atoms with Crippen LogP contribution in [0.5, 0.6) is 5.75 Å². The van der Waals surface area contributed by atoms with Crippen LogP contribution < -0.4 is 5.32 Å². The van der Waals surface area contributed by atoms with Crippen LogP contribution in [0.1, 0.15) is 18.4 Å². The second-order valence-electron chi connectivity index (χ2n) is 5.29. The summed E-state index contributed by atoms with van der Waals surface area (Å²) in [5.74, 6) is 1.05. The fraction of sp³-hybridized carbons (Fsp3) is 0.571. The molecule has 2 rings (SSSR count). The maximum atomic E-state index is 9.67. The molecule has 1 aromatic carbocycles. The van der Waals surface area contributed by atoms with E-state index in [1.54, 1.807) is 0 Å². The molecule has 19 heavy (non-hydrogen) atoms. The lowest BCUT2D eigenvalue weighted by Crippen LogP contribution is -2.34. The van der Waals surface area contributed by atoms with Crippen molar-refractivity contribution in [2.24, 2.45) is 5.92 Å². The summed E-state index contributed by atoms with van der Waals surface area (Å²) < 4.78 is 1.47. The van der Waals surface area contributed by atoms with Crippen molar-refractivity contribution in [3.8, 4) is 5.75 Å². The zero-order chi connectivity index (χ0) is 13.8. The number of piperidine rings is 1. The van der Waals surface area contributed by atoms with Crippen molar-refractivity contribution in [3.63, 3.8) is 0 Å². The molecule has 2 N–H and O–H groups in total. The molecule has 106 valence electrons. The van der Waals surface area contributed by atoms with Crippen molar-refractivity contribution in [1.29, 1.82) is 0 Å². The minimum atomic E-state index is 0.263. The predicted octanol–water partition coefficient (Wildman–Crippen LogP) is 3.35. The second kappa shape index (κ2) is 7.07. The summed E-state index contributed by atoms with van der Waals surface area (Å²) in [4.78, 5) is 2.39. The Balaban J connectivity index is 1.79. The monoisotopic (exact) mass is 390 g/mol. The Labute approximate surface area is 131 Å². The van der Waals surface area contributed by atoms with Crippen molar-refractivity contribution in [1.82, 2.24) is 10.2 Å². The van der Waals surface area contributed by atoms with Crippen LogP contribution in [0.2, 0.25) is 0 Å². The highest BCUT2D eigenvalue weighted by molar-refractivity contribution is 9.11. The smallest absolute Gasteiger partial charge is 0.143 e. The summed E-state index contributed by atoms with van der Waals surface area (Å²) in [6.45, 7) is 4.33. The van der Waals surface area contributed by atoms with Gasteiger partial charge in [0.2, 0.25) is 0 Å². The Kier molecular flexibility index (Phi) is 5.69. The van der Waals surface area contributed by atoms with Crippen LogP contribution in [0.4, 0.5) is 0 Å². The first-order valence-electron chi connectivity index (χ1n) is 6.62. The second-order valence-corrected chi connectivity index (χ2v) is 6.99. The minimum Gasteiger partial charge on any atom is -0.506 e. The van der Waals surface area contributed by atoms with Gasteiger partial charge in [-0.15, -0.1) is 0 Å². The lowest BCUT2D eigenvalue weighted by atomic mass is 9.97. The maximum Gasteiger partial charge on any atom is 0.143 e. The lowest BCUT2D eigenvalue weighted by Gasteiger charge is -2.29. The van der Waals surface area contributed by atoms with Crippen LogP contribution in [0.15, 0.2) is 21.1 Å². The molecule has 1 fully saturated rings. The zero-order valence-corrected chi connectivity index (χ0v) is 14.3. The molecule has 1 aliphatic heterocycles. The topological polar surface area (TPSA) is 35.5 Å². The number of hydrogen-bond donors (Lipinski definition) is 2. The molecule has 1 aliphatic rings. The molecule has 1 heterocycles. The fourth-order valence-corrected chi connectivity index (χ4v) is 3.69. The first-order chi connectivity index (χ1) is 9.06. The van der Waals surface area contributed by atoms with E-state index >= 15 is 0 Å². The Morgan fingerprint density at radius 2 is 1.84 bits per heavy atom. The molecular formula is C14H20Br2N2O. The molecule has 0 spiro atoms. The van der Waals surface area contributed by atoms with Gasteiger partial charge in [-0.2, -0.15) is 0 Å².